The predicted molar refractivity (Wildman–Crippen MR) is 74.8 cm³/mol. The number of rotatable bonds is 3. The van der Waals surface area contributed by atoms with Gasteiger partial charge in [-0.05, 0) is 38.0 Å². The van der Waals surface area contributed by atoms with Crippen molar-refractivity contribution in [2.24, 2.45) is 0 Å². The van der Waals surface area contributed by atoms with Gasteiger partial charge in [-0.1, -0.05) is 12.1 Å². The van der Waals surface area contributed by atoms with Gasteiger partial charge in [-0.2, -0.15) is 5.10 Å². The molecule has 20 heavy (non-hydrogen) atoms. The minimum atomic E-state index is -0.331. The Balaban J connectivity index is 2.17. The number of aromatic amines is 1. The van der Waals surface area contributed by atoms with E-state index in [1.54, 1.807) is 32.9 Å². The SMILES string of the molecule is Cc1ccc(C(C)NC(=O)c2c(N)n[nH]c2C)cc1F. The Bertz CT molecular complexity index is 631. The van der Waals surface area contributed by atoms with Crippen LogP contribution in [0.1, 0.15) is 40.1 Å². The van der Waals surface area contributed by atoms with Gasteiger partial charge in [0.1, 0.15) is 11.4 Å². The van der Waals surface area contributed by atoms with Crippen molar-refractivity contribution in [1.82, 2.24) is 15.5 Å². The number of aromatic nitrogens is 2. The summed E-state index contributed by atoms with van der Waals surface area (Å²) in [6, 6.07) is 4.57. The summed E-state index contributed by atoms with van der Waals surface area (Å²) in [6.07, 6.45) is 0. The van der Waals surface area contributed by atoms with Crippen LogP contribution >= 0.6 is 0 Å². The van der Waals surface area contributed by atoms with E-state index in [0.717, 1.165) is 0 Å². The van der Waals surface area contributed by atoms with Crippen molar-refractivity contribution in [1.29, 1.82) is 0 Å². The lowest BCUT2D eigenvalue weighted by Crippen LogP contribution is -2.27. The van der Waals surface area contributed by atoms with Crippen molar-refractivity contribution in [2.45, 2.75) is 26.8 Å². The molecule has 4 N–H and O–H groups in total. The number of hydrogen-bond donors (Lipinski definition) is 3. The molecule has 2 aromatic rings. The maximum atomic E-state index is 13.5. The molecule has 0 aliphatic rings. The number of nitrogen functional groups attached to an aromatic ring is 1. The molecule has 1 atom stereocenters. The highest BCUT2D eigenvalue weighted by Crippen LogP contribution is 2.18. The molecule has 0 aliphatic heterocycles. The number of benzene rings is 1. The number of carbonyl (C=O) groups is 1. The molecular weight excluding hydrogens is 259 g/mol. The molecule has 0 saturated heterocycles. The lowest BCUT2D eigenvalue weighted by Gasteiger charge is -2.15. The highest BCUT2D eigenvalue weighted by molar-refractivity contribution is 5.99. The summed E-state index contributed by atoms with van der Waals surface area (Å²) >= 11 is 0. The summed E-state index contributed by atoms with van der Waals surface area (Å²) in [4.78, 5) is 12.1. The summed E-state index contributed by atoms with van der Waals surface area (Å²) in [7, 11) is 0. The Labute approximate surface area is 116 Å². The third-order valence-corrected chi connectivity index (χ3v) is 3.25. The van der Waals surface area contributed by atoms with Crippen LogP contribution in [0.15, 0.2) is 18.2 Å². The molecule has 0 saturated carbocycles. The van der Waals surface area contributed by atoms with Gasteiger partial charge in [-0.25, -0.2) is 4.39 Å². The van der Waals surface area contributed by atoms with Crippen molar-refractivity contribution in [3.8, 4) is 0 Å². The molecule has 106 valence electrons. The Morgan fingerprint density at radius 2 is 2.15 bits per heavy atom. The van der Waals surface area contributed by atoms with Gasteiger partial charge in [0.25, 0.3) is 5.91 Å². The third-order valence-electron chi connectivity index (χ3n) is 3.25. The van der Waals surface area contributed by atoms with Crippen molar-refractivity contribution < 1.29 is 9.18 Å². The second kappa shape index (κ2) is 5.32. The highest BCUT2D eigenvalue weighted by atomic mass is 19.1. The van der Waals surface area contributed by atoms with E-state index in [2.05, 4.69) is 15.5 Å². The van der Waals surface area contributed by atoms with Gasteiger partial charge in [0.15, 0.2) is 5.82 Å². The fourth-order valence-corrected chi connectivity index (χ4v) is 1.97. The minimum absolute atomic E-state index is 0.155. The van der Waals surface area contributed by atoms with Gasteiger partial charge in [0.2, 0.25) is 0 Å². The first-order valence-electron chi connectivity index (χ1n) is 6.27. The van der Waals surface area contributed by atoms with Crippen molar-refractivity contribution in [3.63, 3.8) is 0 Å². The van der Waals surface area contributed by atoms with Crippen LogP contribution in [0, 0.1) is 19.7 Å². The summed E-state index contributed by atoms with van der Waals surface area (Å²) in [5.74, 6) is -0.466. The molecule has 1 heterocycles. The second-order valence-electron chi connectivity index (χ2n) is 4.81. The molecule has 1 aromatic heterocycles. The maximum absolute atomic E-state index is 13.5. The number of carbonyl (C=O) groups excluding carboxylic acids is 1. The molecule has 1 amide bonds. The van der Waals surface area contributed by atoms with Crippen LogP contribution in [-0.4, -0.2) is 16.1 Å². The Hall–Kier alpha value is -2.37. The van der Waals surface area contributed by atoms with Gasteiger partial charge < -0.3 is 11.1 Å². The van der Waals surface area contributed by atoms with Gasteiger partial charge in [-0.15, -0.1) is 0 Å². The first kappa shape index (κ1) is 14.0. The number of halogens is 1. The average Bonchev–Trinajstić information content (AvgIpc) is 2.72. The van der Waals surface area contributed by atoms with Gasteiger partial charge in [0, 0.05) is 5.69 Å². The predicted octanol–water partition coefficient (Wildman–Crippen LogP) is 2.24. The number of H-pyrrole nitrogens is 1. The standard InChI is InChI=1S/C14H17FN4O/c1-7-4-5-10(6-11(7)15)8(2)17-14(20)12-9(3)18-19-13(12)16/h4-6,8H,1-3H3,(H,17,20)(H3,16,18,19). The van der Waals surface area contributed by atoms with E-state index in [1.807, 2.05) is 0 Å². The maximum Gasteiger partial charge on any atom is 0.257 e. The number of anilines is 1. The number of hydrogen-bond acceptors (Lipinski definition) is 3. The van der Waals surface area contributed by atoms with E-state index in [1.165, 1.54) is 6.07 Å². The van der Waals surface area contributed by atoms with Crippen LogP contribution in [0.3, 0.4) is 0 Å². The van der Waals surface area contributed by atoms with Crippen LogP contribution in [-0.2, 0) is 0 Å². The van der Waals surface area contributed by atoms with Crippen LogP contribution in [0.2, 0.25) is 0 Å². The topological polar surface area (TPSA) is 83.8 Å². The van der Waals surface area contributed by atoms with Gasteiger partial charge in [0.05, 0.1) is 6.04 Å². The van der Waals surface area contributed by atoms with Crippen molar-refractivity contribution in [3.05, 3.63) is 46.4 Å². The Kier molecular flexibility index (Phi) is 3.74. The van der Waals surface area contributed by atoms with E-state index in [0.29, 0.717) is 22.4 Å². The summed E-state index contributed by atoms with van der Waals surface area (Å²) in [6.45, 7) is 5.19. The zero-order valence-corrected chi connectivity index (χ0v) is 11.6. The van der Waals surface area contributed by atoms with E-state index in [4.69, 9.17) is 5.73 Å². The lowest BCUT2D eigenvalue weighted by molar-refractivity contribution is 0.0940. The molecule has 6 heteroatoms. The smallest absolute Gasteiger partial charge is 0.257 e. The largest absolute Gasteiger partial charge is 0.382 e. The van der Waals surface area contributed by atoms with E-state index < -0.39 is 0 Å². The molecular formula is C14H17FN4O. The number of nitrogens with one attached hydrogen (secondary N) is 2. The molecule has 1 unspecified atom stereocenters. The normalized spacial score (nSPS) is 12.2. The minimum Gasteiger partial charge on any atom is -0.382 e. The molecule has 0 radical (unpaired) electrons. The molecule has 0 fully saturated rings. The Morgan fingerprint density at radius 3 is 2.70 bits per heavy atom. The monoisotopic (exact) mass is 276 g/mol. The highest BCUT2D eigenvalue weighted by Gasteiger charge is 2.18. The second-order valence-corrected chi connectivity index (χ2v) is 4.81. The average molecular weight is 276 g/mol. The van der Waals surface area contributed by atoms with Crippen LogP contribution in [0.4, 0.5) is 10.2 Å². The van der Waals surface area contributed by atoms with Crippen molar-refractivity contribution >= 4 is 11.7 Å². The first-order valence-corrected chi connectivity index (χ1v) is 6.27. The molecule has 2 rings (SSSR count). The van der Waals surface area contributed by atoms with Gasteiger partial charge >= 0.3 is 0 Å². The van der Waals surface area contributed by atoms with E-state index >= 15 is 0 Å². The number of amides is 1. The summed E-state index contributed by atoms with van der Waals surface area (Å²) < 4.78 is 13.5. The van der Waals surface area contributed by atoms with Crippen LogP contribution < -0.4 is 11.1 Å². The number of nitrogens with two attached hydrogens (primary N) is 1. The lowest BCUT2D eigenvalue weighted by atomic mass is 10.1. The van der Waals surface area contributed by atoms with E-state index in [9.17, 15) is 9.18 Å². The fourth-order valence-electron chi connectivity index (χ4n) is 1.97. The Morgan fingerprint density at radius 1 is 1.45 bits per heavy atom. The third kappa shape index (κ3) is 2.64. The molecule has 0 spiro atoms. The fraction of sp³-hybridized carbons (Fsp3) is 0.286. The summed E-state index contributed by atoms with van der Waals surface area (Å²) in [5.41, 5.74) is 7.83. The quantitative estimate of drug-likeness (QED) is 0.803. The van der Waals surface area contributed by atoms with Gasteiger partial charge in [-0.3, -0.25) is 9.89 Å². The number of aryl methyl sites for hydroxylation is 2. The van der Waals surface area contributed by atoms with Crippen LogP contribution in [0.25, 0.3) is 0 Å². The zero-order valence-electron chi connectivity index (χ0n) is 11.6. The number of nitrogens with zero attached hydrogens (tertiary/aromatic N) is 1. The zero-order chi connectivity index (χ0) is 14.9. The summed E-state index contributed by atoms with van der Waals surface area (Å²) in [5, 5.41) is 9.21. The molecule has 0 aliphatic carbocycles. The van der Waals surface area contributed by atoms with Crippen LogP contribution in [0.5, 0.6) is 0 Å². The molecule has 5 nitrogen and oxygen atoms in total. The molecule has 0 bridgehead atoms. The molecule has 1 aromatic carbocycles. The first-order chi connectivity index (χ1) is 9.40. The van der Waals surface area contributed by atoms with E-state index in [-0.39, 0.29) is 23.6 Å². The van der Waals surface area contributed by atoms with Crippen molar-refractivity contribution in [2.75, 3.05) is 5.73 Å².